The maximum Gasteiger partial charge on any atom is 0.244 e. The van der Waals surface area contributed by atoms with E-state index in [2.05, 4.69) is 20.5 Å². The molecule has 1 aromatic heterocycles. The Kier molecular flexibility index (Phi) is 5.89. The number of aromatic hydroxyl groups is 1. The van der Waals surface area contributed by atoms with Gasteiger partial charge in [0.05, 0.1) is 24.2 Å². The van der Waals surface area contributed by atoms with Crippen molar-refractivity contribution in [1.29, 1.82) is 0 Å². The number of rotatable bonds is 6. The number of aromatic nitrogens is 2. The van der Waals surface area contributed by atoms with Crippen LogP contribution in [0, 0.1) is 0 Å². The van der Waals surface area contributed by atoms with E-state index in [1.54, 1.807) is 19.2 Å². The topological polar surface area (TPSA) is 79.6 Å². The number of methoxy groups -OCH3 is 1. The quantitative estimate of drug-likeness (QED) is 0.330. The lowest BCUT2D eigenvalue weighted by atomic mass is 10.1. The molecule has 31 heavy (non-hydrogen) atoms. The molecule has 154 valence electrons. The van der Waals surface area contributed by atoms with Crippen LogP contribution in [-0.4, -0.2) is 27.9 Å². The molecule has 0 bridgehead atoms. The Bertz CT molecular complexity index is 1210. The molecule has 0 saturated heterocycles. The molecule has 2 N–H and O–H groups in total. The lowest BCUT2D eigenvalue weighted by molar-refractivity contribution is 0.415. The standard InChI is InChI=1S/C25H22N4O2/c1-17(18-12-14-20(31-2)15-13-18)28-29-25-26-22(19-8-4-3-5-9-19)16-23(27-25)21-10-6-7-11-24(21)30/h3-16,30H,1-2H3,(H,26,27,29)/b28-17+. The second kappa shape index (κ2) is 9.09. The first-order valence-electron chi connectivity index (χ1n) is 9.81. The number of ether oxygens (including phenoxy) is 1. The van der Waals surface area contributed by atoms with Gasteiger partial charge in [-0.1, -0.05) is 42.5 Å². The van der Waals surface area contributed by atoms with Crippen LogP contribution in [-0.2, 0) is 0 Å². The fourth-order valence-electron chi connectivity index (χ4n) is 3.11. The molecule has 4 rings (SSSR count). The summed E-state index contributed by atoms with van der Waals surface area (Å²) >= 11 is 0. The molecule has 0 aliphatic carbocycles. The Balaban J connectivity index is 1.70. The van der Waals surface area contributed by atoms with Crippen molar-refractivity contribution in [3.8, 4) is 34.0 Å². The first-order valence-corrected chi connectivity index (χ1v) is 9.81. The van der Waals surface area contributed by atoms with Crippen molar-refractivity contribution < 1.29 is 9.84 Å². The van der Waals surface area contributed by atoms with Crippen LogP contribution in [0.15, 0.2) is 90.0 Å². The highest BCUT2D eigenvalue weighted by Crippen LogP contribution is 2.30. The fourth-order valence-corrected chi connectivity index (χ4v) is 3.11. The molecular weight excluding hydrogens is 388 g/mol. The van der Waals surface area contributed by atoms with Gasteiger partial charge in [-0.3, -0.25) is 0 Å². The first kappa shape index (κ1) is 20.1. The van der Waals surface area contributed by atoms with Gasteiger partial charge in [-0.15, -0.1) is 0 Å². The average Bonchev–Trinajstić information content (AvgIpc) is 2.83. The van der Waals surface area contributed by atoms with E-state index in [-0.39, 0.29) is 5.75 Å². The van der Waals surface area contributed by atoms with Gasteiger partial charge in [-0.25, -0.2) is 15.4 Å². The van der Waals surface area contributed by atoms with Crippen LogP contribution in [0.25, 0.3) is 22.5 Å². The summed E-state index contributed by atoms with van der Waals surface area (Å²) in [6, 6.07) is 26.4. The van der Waals surface area contributed by atoms with Gasteiger partial charge in [0.15, 0.2) is 0 Å². The van der Waals surface area contributed by atoms with Crippen molar-refractivity contribution in [3.63, 3.8) is 0 Å². The number of phenols is 1. The number of para-hydroxylation sites is 1. The van der Waals surface area contributed by atoms with E-state index in [9.17, 15) is 5.11 Å². The largest absolute Gasteiger partial charge is 0.507 e. The van der Waals surface area contributed by atoms with Crippen LogP contribution >= 0.6 is 0 Å². The van der Waals surface area contributed by atoms with Crippen LogP contribution in [0.3, 0.4) is 0 Å². The molecule has 0 fully saturated rings. The summed E-state index contributed by atoms with van der Waals surface area (Å²) in [5.74, 6) is 1.28. The molecular formula is C25H22N4O2. The highest BCUT2D eigenvalue weighted by molar-refractivity contribution is 5.99. The van der Waals surface area contributed by atoms with Crippen LogP contribution in [0.5, 0.6) is 11.5 Å². The molecule has 4 aromatic rings. The molecule has 0 saturated carbocycles. The summed E-state index contributed by atoms with van der Waals surface area (Å²) in [5.41, 5.74) is 7.60. The number of anilines is 1. The number of hydrazone groups is 1. The molecule has 6 heteroatoms. The third-order valence-corrected chi connectivity index (χ3v) is 4.81. The molecule has 0 atom stereocenters. The summed E-state index contributed by atoms with van der Waals surface area (Å²) < 4.78 is 5.20. The van der Waals surface area contributed by atoms with E-state index < -0.39 is 0 Å². The molecule has 0 unspecified atom stereocenters. The molecule has 0 aliphatic rings. The maximum absolute atomic E-state index is 10.3. The molecule has 0 amide bonds. The molecule has 1 heterocycles. The second-order valence-corrected chi connectivity index (χ2v) is 6.88. The van der Waals surface area contributed by atoms with Crippen molar-refractivity contribution in [3.05, 3.63) is 90.5 Å². The van der Waals surface area contributed by atoms with Gasteiger partial charge in [0.25, 0.3) is 0 Å². The summed E-state index contributed by atoms with van der Waals surface area (Å²) in [4.78, 5) is 9.19. The number of hydrogen-bond acceptors (Lipinski definition) is 6. The monoisotopic (exact) mass is 410 g/mol. The molecule has 0 spiro atoms. The van der Waals surface area contributed by atoms with E-state index in [0.717, 1.165) is 28.3 Å². The van der Waals surface area contributed by atoms with Gasteiger partial charge in [0.2, 0.25) is 5.95 Å². The SMILES string of the molecule is COc1ccc(/C(C)=N/Nc2nc(-c3ccccc3)cc(-c3ccccc3O)n2)cc1. The summed E-state index contributed by atoms with van der Waals surface area (Å²) in [5, 5.41) is 14.8. The predicted molar refractivity (Wildman–Crippen MR) is 123 cm³/mol. The molecule has 6 nitrogen and oxygen atoms in total. The number of nitrogens with zero attached hydrogens (tertiary/aromatic N) is 3. The van der Waals surface area contributed by atoms with Crippen LogP contribution in [0.1, 0.15) is 12.5 Å². The zero-order chi connectivity index (χ0) is 21.6. The summed E-state index contributed by atoms with van der Waals surface area (Å²) in [7, 11) is 1.64. The minimum absolute atomic E-state index is 0.157. The minimum Gasteiger partial charge on any atom is -0.507 e. The van der Waals surface area contributed by atoms with Gasteiger partial charge >= 0.3 is 0 Å². The van der Waals surface area contributed by atoms with Gasteiger partial charge < -0.3 is 9.84 Å². The number of benzene rings is 3. The third kappa shape index (κ3) is 4.70. The Morgan fingerprint density at radius 1 is 0.871 bits per heavy atom. The van der Waals surface area contributed by atoms with E-state index >= 15 is 0 Å². The second-order valence-electron chi connectivity index (χ2n) is 6.88. The lowest BCUT2D eigenvalue weighted by Gasteiger charge is -2.10. The number of phenolic OH excluding ortho intramolecular Hbond substituents is 1. The van der Waals surface area contributed by atoms with Crippen molar-refractivity contribution >= 4 is 11.7 Å². The van der Waals surface area contributed by atoms with Crippen molar-refractivity contribution in [2.75, 3.05) is 12.5 Å². The highest BCUT2D eigenvalue weighted by atomic mass is 16.5. The van der Waals surface area contributed by atoms with Crippen LogP contribution in [0.4, 0.5) is 5.95 Å². The van der Waals surface area contributed by atoms with Crippen LogP contribution in [0.2, 0.25) is 0 Å². The van der Waals surface area contributed by atoms with Crippen molar-refractivity contribution in [2.24, 2.45) is 5.10 Å². The van der Waals surface area contributed by atoms with Crippen molar-refractivity contribution in [1.82, 2.24) is 9.97 Å². The van der Waals surface area contributed by atoms with Gasteiger partial charge in [0, 0.05) is 11.1 Å². The summed E-state index contributed by atoms with van der Waals surface area (Å²) in [6.07, 6.45) is 0. The highest BCUT2D eigenvalue weighted by Gasteiger charge is 2.11. The van der Waals surface area contributed by atoms with E-state index in [4.69, 9.17) is 4.74 Å². The Morgan fingerprint density at radius 3 is 2.26 bits per heavy atom. The number of hydrogen-bond donors (Lipinski definition) is 2. The smallest absolute Gasteiger partial charge is 0.244 e. The van der Waals surface area contributed by atoms with Crippen LogP contribution < -0.4 is 10.2 Å². The average molecular weight is 410 g/mol. The lowest BCUT2D eigenvalue weighted by Crippen LogP contribution is -2.04. The molecule has 0 aliphatic heterocycles. The molecule has 0 radical (unpaired) electrons. The summed E-state index contributed by atoms with van der Waals surface area (Å²) in [6.45, 7) is 1.90. The maximum atomic E-state index is 10.3. The Morgan fingerprint density at radius 2 is 1.55 bits per heavy atom. The minimum atomic E-state index is 0.157. The Hall–Kier alpha value is -4.19. The number of nitrogens with one attached hydrogen (secondary N) is 1. The van der Waals surface area contributed by atoms with Gasteiger partial charge in [-0.05, 0) is 55.0 Å². The van der Waals surface area contributed by atoms with Gasteiger partial charge in [0.1, 0.15) is 11.5 Å². The van der Waals surface area contributed by atoms with E-state index in [1.165, 1.54) is 0 Å². The van der Waals surface area contributed by atoms with E-state index in [1.807, 2.05) is 79.7 Å². The predicted octanol–water partition coefficient (Wildman–Crippen LogP) is 5.36. The normalized spacial score (nSPS) is 11.2. The molecule has 3 aromatic carbocycles. The Labute approximate surface area is 180 Å². The fraction of sp³-hybridized carbons (Fsp3) is 0.0800. The zero-order valence-corrected chi connectivity index (χ0v) is 17.3. The van der Waals surface area contributed by atoms with E-state index in [0.29, 0.717) is 17.2 Å². The third-order valence-electron chi connectivity index (χ3n) is 4.81. The van der Waals surface area contributed by atoms with Gasteiger partial charge in [-0.2, -0.15) is 5.10 Å². The zero-order valence-electron chi connectivity index (χ0n) is 17.3. The van der Waals surface area contributed by atoms with Crippen molar-refractivity contribution in [2.45, 2.75) is 6.92 Å². The first-order chi connectivity index (χ1) is 15.1.